The van der Waals surface area contributed by atoms with Crippen LogP contribution in [0.1, 0.15) is 29.6 Å². The zero-order valence-corrected chi connectivity index (χ0v) is 9.05. The van der Waals surface area contributed by atoms with Crippen molar-refractivity contribution in [2.75, 3.05) is 5.73 Å². The van der Waals surface area contributed by atoms with E-state index < -0.39 is 0 Å². The van der Waals surface area contributed by atoms with Gasteiger partial charge in [0, 0.05) is 16.8 Å². The Labute approximate surface area is 93.6 Å². The monoisotopic (exact) mass is 224 g/mol. The van der Waals surface area contributed by atoms with E-state index in [2.05, 4.69) is 5.32 Å². The topological polar surface area (TPSA) is 55.1 Å². The molecule has 80 valence electrons. The summed E-state index contributed by atoms with van der Waals surface area (Å²) in [5.41, 5.74) is 6.65. The maximum atomic E-state index is 11.7. The minimum atomic E-state index is -0.103. The molecule has 1 amide bonds. The molecule has 1 saturated carbocycles. The molecule has 15 heavy (non-hydrogen) atoms. The van der Waals surface area contributed by atoms with Crippen LogP contribution in [-0.4, -0.2) is 11.9 Å². The van der Waals surface area contributed by atoms with Gasteiger partial charge in [0.05, 0.1) is 5.56 Å². The quantitative estimate of drug-likeness (QED) is 0.757. The number of rotatable bonds is 2. The number of carbonyl (C=O) groups excluding carboxylic acids is 1. The Bertz CT molecular complexity index is 388. The highest BCUT2D eigenvalue weighted by atomic mass is 35.5. The highest BCUT2D eigenvalue weighted by Crippen LogP contribution is 2.21. The molecule has 0 heterocycles. The van der Waals surface area contributed by atoms with Crippen molar-refractivity contribution in [3.63, 3.8) is 0 Å². The molecular formula is C11H13ClN2O. The summed E-state index contributed by atoms with van der Waals surface area (Å²) in [5, 5.41) is 3.48. The normalized spacial score (nSPS) is 15.8. The molecule has 0 aromatic heterocycles. The van der Waals surface area contributed by atoms with Crippen LogP contribution in [0.3, 0.4) is 0 Å². The van der Waals surface area contributed by atoms with E-state index in [-0.39, 0.29) is 5.91 Å². The van der Waals surface area contributed by atoms with Crippen LogP contribution in [0, 0.1) is 0 Å². The molecule has 0 bridgehead atoms. The summed E-state index contributed by atoms with van der Waals surface area (Å²) in [6.45, 7) is 0. The highest BCUT2D eigenvalue weighted by Gasteiger charge is 2.20. The van der Waals surface area contributed by atoms with Crippen LogP contribution in [0.4, 0.5) is 5.69 Å². The van der Waals surface area contributed by atoms with Gasteiger partial charge in [0.15, 0.2) is 0 Å². The van der Waals surface area contributed by atoms with Gasteiger partial charge < -0.3 is 11.1 Å². The van der Waals surface area contributed by atoms with Crippen LogP contribution >= 0.6 is 11.6 Å². The second-order valence-electron chi connectivity index (χ2n) is 3.83. The average Bonchev–Trinajstić information content (AvgIpc) is 2.11. The zero-order chi connectivity index (χ0) is 10.8. The van der Waals surface area contributed by atoms with Gasteiger partial charge in [-0.2, -0.15) is 0 Å². The number of hydrogen-bond donors (Lipinski definition) is 2. The number of benzene rings is 1. The summed E-state index contributed by atoms with van der Waals surface area (Å²) in [4.78, 5) is 11.7. The van der Waals surface area contributed by atoms with Gasteiger partial charge in [-0.25, -0.2) is 0 Å². The van der Waals surface area contributed by atoms with E-state index in [0.717, 1.165) is 12.8 Å². The summed E-state index contributed by atoms with van der Waals surface area (Å²) < 4.78 is 0. The Morgan fingerprint density at radius 3 is 2.73 bits per heavy atom. The fourth-order valence-electron chi connectivity index (χ4n) is 1.56. The van der Waals surface area contributed by atoms with Crippen LogP contribution in [0.15, 0.2) is 18.2 Å². The molecule has 1 aliphatic carbocycles. The lowest BCUT2D eigenvalue weighted by atomic mass is 9.93. The number of nitrogens with two attached hydrogens (primary N) is 1. The summed E-state index contributed by atoms with van der Waals surface area (Å²) in [6.07, 6.45) is 3.33. The molecular weight excluding hydrogens is 212 g/mol. The van der Waals surface area contributed by atoms with E-state index in [0.29, 0.717) is 22.3 Å². The molecule has 3 nitrogen and oxygen atoms in total. The molecule has 0 atom stereocenters. The Hall–Kier alpha value is -1.22. The fraction of sp³-hybridized carbons (Fsp3) is 0.364. The van der Waals surface area contributed by atoms with Crippen molar-refractivity contribution in [3.05, 3.63) is 28.8 Å². The van der Waals surface area contributed by atoms with E-state index in [1.165, 1.54) is 6.42 Å². The molecule has 1 aliphatic rings. The summed E-state index contributed by atoms with van der Waals surface area (Å²) in [6, 6.07) is 5.25. The van der Waals surface area contributed by atoms with Crippen LogP contribution in [0.25, 0.3) is 0 Å². The minimum Gasteiger partial charge on any atom is -0.398 e. The minimum absolute atomic E-state index is 0.103. The third kappa shape index (κ3) is 2.23. The molecule has 0 radical (unpaired) electrons. The van der Waals surface area contributed by atoms with Gasteiger partial charge in [-0.05, 0) is 37.5 Å². The predicted molar refractivity (Wildman–Crippen MR) is 61.0 cm³/mol. The van der Waals surface area contributed by atoms with Crippen LogP contribution in [-0.2, 0) is 0 Å². The molecule has 1 fully saturated rings. The number of hydrogen-bond acceptors (Lipinski definition) is 2. The van der Waals surface area contributed by atoms with Crippen LogP contribution in [0.2, 0.25) is 5.02 Å². The summed E-state index contributed by atoms with van der Waals surface area (Å²) in [7, 11) is 0. The SMILES string of the molecule is Nc1cc(Cl)ccc1C(=O)NC1CCC1. The van der Waals surface area contributed by atoms with Gasteiger partial charge in [-0.1, -0.05) is 11.6 Å². The maximum Gasteiger partial charge on any atom is 0.253 e. The van der Waals surface area contributed by atoms with E-state index in [1.807, 2.05) is 0 Å². The standard InChI is InChI=1S/C11H13ClN2O/c12-7-4-5-9(10(13)6-7)11(15)14-8-2-1-3-8/h4-6,8H,1-3,13H2,(H,14,15). The van der Waals surface area contributed by atoms with Gasteiger partial charge >= 0.3 is 0 Å². The number of amides is 1. The summed E-state index contributed by atoms with van der Waals surface area (Å²) in [5.74, 6) is -0.103. The lowest BCUT2D eigenvalue weighted by Gasteiger charge is -2.26. The number of anilines is 1. The molecule has 1 aromatic carbocycles. The third-order valence-electron chi connectivity index (χ3n) is 2.70. The first kappa shape index (κ1) is 10.3. The fourth-order valence-corrected chi connectivity index (χ4v) is 1.74. The van der Waals surface area contributed by atoms with Gasteiger partial charge in [0.1, 0.15) is 0 Å². The first-order valence-electron chi connectivity index (χ1n) is 5.02. The van der Waals surface area contributed by atoms with Crippen molar-refractivity contribution in [1.29, 1.82) is 0 Å². The van der Waals surface area contributed by atoms with Crippen molar-refractivity contribution < 1.29 is 4.79 Å². The Balaban J connectivity index is 2.10. The lowest BCUT2D eigenvalue weighted by molar-refractivity contribution is 0.0918. The largest absolute Gasteiger partial charge is 0.398 e. The van der Waals surface area contributed by atoms with E-state index >= 15 is 0 Å². The Kier molecular flexibility index (Phi) is 2.82. The van der Waals surface area contributed by atoms with Crippen molar-refractivity contribution in [2.24, 2.45) is 0 Å². The van der Waals surface area contributed by atoms with Crippen LogP contribution in [0.5, 0.6) is 0 Å². The zero-order valence-electron chi connectivity index (χ0n) is 8.29. The molecule has 0 spiro atoms. The first-order valence-corrected chi connectivity index (χ1v) is 5.40. The predicted octanol–water partition coefficient (Wildman–Crippen LogP) is 2.20. The van der Waals surface area contributed by atoms with Gasteiger partial charge in [-0.3, -0.25) is 4.79 Å². The molecule has 0 unspecified atom stereocenters. The number of nitrogens with one attached hydrogen (secondary N) is 1. The van der Waals surface area contributed by atoms with Crippen molar-refractivity contribution in [3.8, 4) is 0 Å². The Morgan fingerprint density at radius 1 is 1.47 bits per heavy atom. The molecule has 0 aliphatic heterocycles. The van der Waals surface area contributed by atoms with Crippen molar-refractivity contribution in [2.45, 2.75) is 25.3 Å². The molecule has 4 heteroatoms. The summed E-state index contributed by atoms with van der Waals surface area (Å²) >= 11 is 5.75. The van der Waals surface area contributed by atoms with Crippen molar-refractivity contribution in [1.82, 2.24) is 5.32 Å². The van der Waals surface area contributed by atoms with E-state index in [4.69, 9.17) is 17.3 Å². The highest BCUT2D eigenvalue weighted by molar-refractivity contribution is 6.31. The van der Waals surface area contributed by atoms with E-state index in [1.54, 1.807) is 18.2 Å². The van der Waals surface area contributed by atoms with E-state index in [9.17, 15) is 4.79 Å². The molecule has 3 N–H and O–H groups in total. The number of halogens is 1. The Morgan fingerprint density at radius 2 is 2.20 bits per heavy atom. The first-order chi connectivity index (χ1) is 7.16. The van der Waals surface area contributed by atoms with Crippen molar-refractivity contribution >= 4 is 23.2 Å². The lowest BCUT2D eigenvalue weighted by Crippen LogP contribution is -2.39. The molecule has 1 aromatic rings. The average molecular weight is 225 g/mol. The van der Waals surface area contributed by atoms with Gasteiger partial charge in [0.25, 0.3) is 5.91 Å². The second-order valence-corrected chi connectivity index (χ2v) is 4.27. The van der Waals surface area contributed by atoms with Gasteiger partial charge in [-0.15, -0.1) is 0 Å². The van der Waals surface area contributed by atoms with Gasteiger partial charge in [0.2, 0.25) is 0 Å². The third-order valence-corrected chi connectivity index (χ3v) is 2.93. The number of nitrogen functional groups attached to an aromatic ring is 1. The van der Waals surface area contributed by atoms with Crippen LogP contribution < -0.4 is 11.1 Å². The second kappa shape index (κ2) is 4.11. The maximum absolute atomic E-state index is 11.7. The smallest absolute Gasteiger partial charge is 0.253 e. The molecule has 0 saturated heterocycles. The number of carbonyl (C=O) groups is 1. The molecule has 2 rings (SSSR count).